The number of aryl methyl sites for hydroxylation is 1. The molecule has 1 fully saturated rings. The van der Waals surface area contributed by atoms with Gasteiger partial charge in [-0.1, -0.05) is 25.5 Å². The zero-order valence-electron chi connectivity index (χ0n) is 9.93. The van der Waals surface area contributed by atoms with Crippen LogP contribution in [0.25, 0.3) is 0 Å². The van der Waals surface area contributed by atoms with Gasteiger partial charge in [0, 0.05) is 18.2 Å². The van der Waals surface area contributed by atoms with Crippen molar-refractivity contribution in [3.63, 3.8) is 0 Å². The molecule has 0 spiro atoms. The third kappa shape index (κ3) is 3.31. The van der Waals surface area contributed by atoms with Gasteiger partial charge in [-0.25, -0.2) is 4.39 Å². The van der Waals surface area contributed by atoms with Crippen molar-refractivity contribution in [1.82, 2.24) is 5.32 Å². The molecular formula is C14H20FN. The van der Waals surface area contributed by atoms with Crippen LogP contribution in [0.5, 0.6) is 0 Å². The fourth-order valence-electron chi connectivity index (χ4n) is 1.84. The standard InChI is InChI=1S/C14H20FN/c1-2-3-4-11-5-8-14(15)12(9-11)10-16-13-6-7-13/h5,8-9,13,16H,2-4,6-7,10H2,1H3. The van der Waals surface area contributed by atoms with E-state index in [1.54, 1.807) is 6.07 Å². The maximum absolute atomic E-state index is 13.5. The maximum Gasteiger partial charge on any atom is 0.127 e. The van der Waals surface area contributed by atoms with Gasteiger partial charge in [-0.15, -0.1) is 0 Å². The molecule has 0 unspecified atom stereocenters. The lowest BCUT2D eigenvalue weighted by Crippen LogP contribution is -2.16. The van der Waals surface area contributed by atoms with Gasteiger partial charge in [0.1, 0.15) is 5.82 Å². The first kappa shape index (κ1) is 11.6. The number of nitrogens with one attached hydrogen (secondary N) is 1. The first-order chi connectivity index (χ1) is 7.79. The van der Waals surface area contributed by atoms with Crippen molar-refractivity contribution in [3.05, 3.63) is 35.1 Å². The van der Waals surface area contributed by atoms with Crippen LogP contribution in [0.2, 0.25) is 0 Å². The van der Waals surface area contributed by atoms with Gasteiger partial charge < -0.3 is 5.32 Å². The Kier molecular flexibility index (Phi) is 3.94. The van der Waals surface area contributed by atoms with E-state index in [2.05, 4.69) is 12.2 Å². The molecule has 0 saturated heterocycles. The van der Waals surface area contributed by atoms with Crippen LogP contribution in [0.4, 0.5) is 4.39 Å². The third-order valence-corrected chi connectivity index (χ3v) is 3.09. The van der Waals surface area contributed by atoms with Crippen molar-refractivity contribution in [2.75, 3.05) is 0 Å². The lowest BCUT2D eigenvalue weighted by atomic mass is 10.0. The summed E-state index contributed by atoms with van der Waals surface area (Å²) >= 11 is 0. The summed E-state index contributed by atoms with van der Waals surface area (Å²) in [5, 5.41) is 3.36. The molecule has 1 aliphatic carbocycles. The smallest absolute Gasteiger partial charge is 0.127 e. The van der Waals surface area contributed by atoms with Gasteiger partial charge in [-0.2, -0.15) is 0 Å². The van der Waals surface area contributed by atoms with Crippen LogP contribution in [-0.4, -0.2) is 6.04 Å². The topological polar surface area (TPSA) is 12.0 Å². The van der Waals surface area contributed by atoms with Crippen molar-refractivity contribution >= 4 is 0 Å². The molecule has 1 nitrogen and oxygen atoms in total. The van der Waals surface area contributed by atoms with E-state index in [1.165, 1.54) is 31.2 Å². The molecule has 1 aliphatic rings. The molecule has 0 bridgehead atoms. The normalized spacial score (nSPS) is 15.4. The Morgan fingerprint density at radius 2 is 2.19 bits per heavy atom. The SMILES string of the molecule is CCCCc1ccc(F)c(CNC2CC2)c1. The second-order valence-corrected chi connectivity index (χ2v) is 4.68. The Bertz CT molecular complexity index is 345. The first-order valence-corrected chi connectivity index (χ1v) is 6.30. The number of benzene rings is 1. The average Bonchev–Trinajstić information content (AvgIpc) is 3.10. The molecule has 2 heteroatoms. The highest BCUT2D eigenvalue weighted by Crippen LogP contribution is 2.20. The molecule has 0 heterocycles. The Balaban J connectivity index is 1.96. The summed E-state index contributed by atoms with van der Waals surface area (Å²) in [7, 11) is 0. The Morgan fingerprint density at radius 3 is 2.88 bits per heavy atom. The second kappa shape index (κ2) is 5.44. The fourth-order valence-corrected chi connectivity index (χ4v) is 1.84. The summed E-state index contributed by atoms with van der Waals surface area (Å²) in [6.45, 7) is 2.86. The highest BCUT2D eigenvalue weighted by Gasteiger charge is 2.20. The third-order valence-electron chi connectivity index (χ3n) is 3.09. The van der Waals surface area contributed by atoms with E-state index < -0.39 is 0 Å². The summed E-state index contributed by atoms with van der Waals surface area (Å²) in [4.78, 5) is 0. The Hall–Kier alpha value is -0.890. The van der Waals surface area contributed by atoms with Crippen LogP contribution in [-0.2, 0) is 13.0 Å². The Morgan fingerprint density at radius 1 is 1.38 bits per heavy atom. The number of unbranched alkanes of at least 4 members (excludes halogenated alkanes) is 1. The van der Waals surface area contributed by atoms with Gasteiger partial charge in [0.05, 0.1) is 0 Å². The van der Waals surface area contributed by atoms with Crippen LogP contribution in [0.1, 0.15) is 43.7 Å². The van der Waals surface area contributed by atoms with E-state index in [4.69, 9.17) is 0 Å². The average molecular weight is 221 g/mol. The van der Waals surface area contributed by atoms with Crippen molar-refractivity contribution in [1.29, 1.82) is 0 Å². The molecule has 2 rings (SSSR count). The van der Waals surface area contributed by atoms with E-state index >= 15 is 0 Å². The number of halogens is 1. The molecule has 0 aliphatic heterocycles. The van der Waals surface area contributed by atoms with E-state index in [9.17, 15) is 4.39 Å². The summed E-state index contributed by atoms with van der Waals surface area (Å²) in [6, 6.07) is 6.17. The molecule has 0 amide bonds. The molecule has 1 aromatic carbocycles. The van der Waals surface area contributed by atoms with Crippen LogP contribution in [0, 0.1) is 5.82 Å². The van der Waals surface area contributed by atoms with E-state index in [-0.39, 0.29) is 5.82 Å². The van der Waals surface area contributed by atoms with Crippen LogP contribution in [0.15, 0.2) is 18.2 Å². The van der Waals surface area contributed by atoms with Crippen molar-refractivity contribution in [3.8, 4) is 0 Å². The number of hydrogen-bond acceptors (Lipinski definition) is 1. The molecule has 0 atom stereocenters. The minimum Gasteiger partial charge on any atom is -0.310 e. The van der Waals surface area contributed by atoms with Gasteiger partial charge in [0.15, 0.2) is 0 Å². The van der Waals surface area contributed by atoms with Crippen LogP contribution >= 0.6 is 0 Å². The zero-order valence-corrected chi connectivity index (χ0v) is 9.93. The van der Waals surface area contributed by atoms with Gasteiger partial charge >= 0.3 is 0 Å². The summed E-state index contributed by atoms with van der Waals surface area (Å²) < 4.78 is 13.5. The van der Waals surface area contributed by atoms with Crippen molar-refractivity contribution in [2.45, 2.75) is 51.6 Å². The molecule has 0 radical (unpaired) electrons. The lowest BCUT2D eigenvalue weighted by Gasteiger charge is -2.07. The minimum absolute atomic E-state index is 0.0756. The Labute approximate surface area is 97.1 Å². The zero-order chi connectivity index (χ0) is 11.4. The van der Waals surface area contributed by atoms with E-state index in [0.29, 0.717) is 12.6 Å². The monoisotopic (exact) mass is 221 g/mol. The lowest BCUT2D eigenvalue weighted by molar-refractivity contribution is 0.585. The molecule has 0 aromatic heterocycles. The summed E-state index contributed by atoms with van der Waals surface area (Å²) in [5.74, 6) is -0.0756. The second-order valence-electron chi connectivity index (χ2n) is 4.68. The van der Waals surface area contributed by atoms with Gasteiger partial charge in [0.2, 0.25) is 0 Å². The predicted octanol–water partition coefficient (Wildman–Crippen LogP) is 3.42. The molecule has 1 N–H and O–H groups in total. The van der Waals surface area contributed by atoms with Crippen LogP contribution < -0.4 is 5.32 Å². The molecule has 16 heavy (non-hydrogen) atoms. The largest absolute Gasteiger partial charge is 0.310 e. The fraction of sp³-hybridized carbons (Fsp3) is 0.571. The van der Waals surface area contributed by atoms with E-state index in [0.717, 1.165) is 12.0 Å². The quantitative estimate of drug-likeness (QED) is 0.776. The highest BCUT2D eigenvalue weighted by atomic mass is 19.1. The first-order valence-electron chi connectivity index (χ1n) is 6.30. The van der Waals surface area contributed by atoms with E-state index in [1.807, 2.05) is 12.1 Å². The van der Waals surface area contributed by atoms with Gasteiger partial charge in [-0.05, 0) is 37.3 Å². The van der Waals surface area contributed by atoms with Crippen LogP contribution in [0.3, 0.4) is 0 Å². The molecule has 88 valence electrons. The van der Waals surface area contributed by atoms with Crippen molar-refractivity contribution in [2.24, 2.45) is 0 Å². The molecule has 1 aromatic rings. The number of hydrogen-bond donors (Lipinski definition) is 1. The van der Waals surface area contributed by atoms with Gasteiger partial charge in [0.25, 0.3) is 0 Å². The molecular weight excluding hydrogens is 201 g/mol. The van der Waals surface area contributed by atoms with Crippen molar-refractivity contribution < 1.29 is 4.39 Å². The van der Waals surface area contributed by atoms with Gasteiger partial charge in [-0.3, -0.25) is 0 Å². The summed E-state index contributed by atoms with van der Waals surface area (Å²) in [5.41, 5.74) is 2.08. The minimum atomic E-state index is -0.0756. The maximum atomic E-state index is 13.5. The highest BCUT2D eigenvalue weighted by molar-refractivity contribution is 5.25. The number of rotatable bonds is 6. The molecule has 1 saturated carbocycles. The predicted molar refractivity (Wildman–Crippen MR) is 64.9 cm³/mol. The summed E-state index contributed by atoms with van der Waals surface area (Å²) in [6.07, 6.45) is 5.93.